The third-order valence-corrected chi connectivity index (χ3v) is 5.78. The highest BCUT2D eigenvalue weighted by molar-refractivity contribution is 6.04. The Hall–Kier alpha value is -4.21. The molecular formula is C26H30N6O4. The number of imidazole rings is 1. The van der Waals surface area contributed by atoms with Crippen molar-refractivity contribution in [2.24, 2.45) is 0 Å². The number of likely N-dealkylation sites (tertiary alicyclic amines) is 1. The first kappa shape index (κ1) is 24.9. The molecule has 0 saturated carbocycles. The van der Waals surface area contributed by atoms with Gasteiger partial charge in [0.25, 0.3) is 5.91 Å². The number of rotatable bonds is 5. The molecule has 0 bridgehead atoms. The number of nitrogens with two attached hydrogens (primary N) is 1. The third kappa shape index (κ3) is 5.22. The number of amides is 2. The van der Waals surface area contributed by atoms with Crippen LogP contribution in [-0.4, -0.2) is 49.5 Å². The normalized spacial score (nSPS) is 15.6. The highest BCUT2D eigenvalue weighted by Crippen LogP contribution is 2.35. The van der Waals surface area contributed by atoms with Crippen molar-refractivity contribution in [3.05, 3.63) is 65.7 Å². The Morgan fingerprint density at radius 1 is 1.11 bits per heavy atom. The minimum Gasteiger partial charge on any atom is -0.444 e. The predicted octanol–water partition coefficient (Wildman–Crippen LogP) is 4.19. The van der Waals surface area contributed by atoms with Gasteiger partial charge in [0.1, 0.15) is 22.8 Å². The first-order chi connectivity index (χ1) is 17.0. The van der Waals surface area contributed by atoms with Crippen molar-refractivity contribution >= 4 is 23.6 Å². The molecule has 2 amide bonds. The maximum Gasteiger partial charge on any atom is 0.410 e. The molecule has 2 aromatic heterocycles. The van der Waals surface area contributed by atoms with Crippen molar-refractivity contribution in [2.75, 3.05) is 17.7 Å². The number of benzene rings is 1. The number of carbonyl (C=O) groups is 3. The molecule has 0 aliphatic carbocycles. The number of carbonyl (C=O) groups excluding carboxylic acids is 3. The molecule has 36 heavy (non-hydrogen) atoms. The Bertz CT molecular complexity index is 1280. The summed E-state index contributed by atoms with van der Waals surface area (Å²) in [5, 5.41) is 2.74. The average Bonchev–Trinajstić information content (AvgIpc) is 3.43. The number of pyridine rings is 1. The zero-order valence-electron chi connectivity index (χ0n) is 20.8. The number of nitrogens with one attached hydrogen (secondary N) is 1. The van der Waals surface area contributed by atoms with E-state index in [9.17, 15) is 14.4 Å². The van der Waals surface area contributed by atoms with Gasteiger partial charge in [0.05, 0.1) is 6.04 Å². The lowest BCUT2D eigenvalue weighted by molar-refractivity contribution is 0.0217. The Labute approximate surface area is 209 Å². The van der Waals surface area contributed by atoms with E-state index in [1.807, 2.05) is 20.8 Å². The van der Waals surface area contributed by atoms with E-state index in [0.717, 1.165) is 6.42 Å². The lowest BCUT2D eigenvalue weighted by atomic mass is 10.1. The van der Waals surface area contributed by atoms with Crippen LogP contribution >= 0.6 is 0 Å². The molecule has 3 heterocycles. The summed E-state index contributed by atoms with van der Waals surface area (Å²) in [6, 6.07) is 11.6. The van der Waals surface area contributed by atoms with Crippen LogP contribution < -0.4 is 11.2 Å². The van der Waals surface area contributed by atoms with Gasteiger partial charge in [-0.05, 0) is 57.9 Å². The standard InChI is InChI=1S/C26H30N6O4/c1-16(33)22-21(17-10-12-18(13-11-17)24(34)29-20-9-5-6-14-28-20)30-23(32(22)27)19-8-7-15-31(19)25(35)36-26(2,3)4/h5-6,9-14,19H,7-8,15,27H2,1-4H3,(H,28,29,34)/t19-/m0/s1. The highest BCUT2D eigenvalue weighted by atomic mass is 16.6. The molecule has 3 aromatic rings. The highest BCUT2D eigenvalue weighted by Gasteiger charge is 2.37. The van der Waals surface area contributed by atoms with Crippen LogP contribution in [0.2, 0.25) is 0 Å². The molecule has 1 aliphatic rings. The number of Topliss-reactive ketones (excluding diaryl/α,β-unsaturated/α-hetero) is 1. The van der Waals surface area contributed by atoms with Crippen LogP contribution in [0.5, 0.6) is 0 Å². The fraction of sp³-hybridized carbons (Fsp3) is 0.346. The molecule has 0 unspecified atom stereocenters. The number of nitrogens with zero attached hydrogens (tertiary/aromatic N) is 4. The summed E-state index contributed by atoms with van der Waals surface area (Å²) < 4.78 is 6.83. The van der Waals surface area contributed by atoms with Gasteiger partial charge in [0, 0.05) is 30.8 Å². The number of hydrogen-bond acceptors (Lipinski definition) is 7. The second-order valence-electron chi connectivity index (χ2n) is 9.67. The SMILES string of the molecule is CC(=O)c1c(-c2ccc(C(=O)Nc3ccccn3)cc2)nc([C@@H]2CCCN2C(=O)OC(C)(C)C)n1N. The molecule has 1 atom stereocenters. The molecule has 0 spiro atoms. The van der Waals surface area contributed by atoms with Crippen molar-refractivity contribution in [3.8, 4) is 11.3 Å². The average molecular weight is 491 g/mol. The van der Waals surface area contributed by atoms with Gasteiger partial charge in [-0.15, -0.1) is 0 Å². The van der Waals surface area contributed by atoms with Gasteiger partial charge in [-0.25, -0.2) is 19.4 Å². The number of ether oxygens (including phenoxy) is 1. The van der Waals surface area contributed by atoms with E-state index in [4.69, 9.17) is 15.6 Å². The molecule has 1 aromatic carbocycles. The predicted molar refractivity (Wildman–Crippen MR) is 135 cm³/mol. The van der Waals surface area contributed by atoms with Crippen molar-refractivity contribution in [2.45, 2.75) is 52.2 Å². The van der Waals surface area contributed by atoms with E-state index in [-0.39, 0.29) is 17.4 Å². The minimum absolute atomic E-state index is 0.228. The van der Waals surface area contributed by atoms with E-state index in [1.165, 1.54) is 11.6 Å². The summed E-state index contributed by atoms with van der Waals surface area (Å²) in [5.74, 6) is 6.65. The fourth-order valence-electron chi connectivity index (χ4n) is 4.20. The summed E-state index contributed by atoms with van der Waals surface area (Å²) >= 11 is 0. The van der Waals surface area contributed by atoms with Crippen LogP contribution in [0.3, 0.4) is 0 Å². The van der Waals surface area contributed by atoms with E-state index in [2.05, 4.69) is 10.3 Å². The molecule has 4 rings (SSSR count). The van der Waals surface area contributed by atoms with Gasteiger partial charge in [-0.3, -0.25) is 14.5 Å². The van der Waals surface area contributed by atoms with Crippen LogP contribution in [0.15, 0.2) is 48.7 Å². The second kappa shape index (κ2) is 9.80. The van der Waals surface area contributed by atoms with E-state index < -0.39 is 17.7 Å². The first-order valence-electron chi connectivity index (χ1n) is 11.8. The summed E-state index contributed by atoms with van der Waals surface area (Å²) in [6.45, 7) is 7.37. The van der Waals surface area contributed by atoms with Crippen LogP contribution in [-0.2, 0) is 4.74 Å². The quantitative estimate of drug-likeness (QED) is 0.405. The van der Waals surface area contributed by atoms with Gasteiger partial charge in [0.15, 0.2) is 11.6 Å². The maximum atomic E-state index is 12.8. The summed E-state index contributed by atoms with van der Waals surface area (Å²) in [7, 11) is 0. The van der Waals surface area contributed by atoms with Crippen LogP contribution in [0, 0.1) is 0 Å². The molecule has 188 valence electrons. The van der Waals surface area contributed by atoms with Gasteiger partial charge in [-0.1, -0.05) is 18.2 Å². The molecule has 3 N–H and O–H groups in total. The smallest absolute Gasteiger partial charge is 0.410 e. The zero-order chi connectivity index (χ0) is 26.0. The number of ketones is 1. The number of aromatic nitrogens is 3. The molecule has 0 radical (unpaired) electrons. The van der Waals surface area contributed by atoms with E-state index in [1.54, 1.807) is 53.6 Å². The maximum absolute atomic E-state index is 12.8. The van der Waals surface area contributed by atoms with Gasteiger partial charge >= 0.3 is 6.09 Å². The fourth-order valence-corrected chi connectivity index (χ4v) is 4.20. The summed E-state index contributed by atoms with van der Waals surface area (Å²) in [4.78, 5) is 48.3. The van der Waals surface area contributed by atoms with Gasteiger partial charge < -0.3 is 15.9 Å². The topological polar surface area (TPSA) is 132 Å². The molecule has 1 aliphatic heterocycles. The van der Waals surface area contributed by atoms with Gasteiger partial charge in [-0.2, -0.15) is 0 Å². The van der Waals surface area contributed by atoms with Crippen LogP contribution in [0.4, 0.5) is 10.6 Å². The molecule has 10 heteroatoms. The zero-order valence-corrected chi connectivity index (χ0v) is 20.8. The molecule has 1 saturated heterocycles. The first-order valence-corrected chi connectivity index (χ1v) is 11.8. The molecular weight excluding hydrogens is 460 g/mol. The Morgan fingerprint density at radius 2 is 1.83 bits per heavy atom. The van der Waals surface area contributed by atoms with Crippen LogP contribution in [0.25, 0.3) is 11.3 Å². The van der Waals surface area contributed by atoms with E-state index >= 15 is 0 Å². The van der Waals surface area contributed by atoms with Crippen molar-refractivity contribution in [1.29, 1.82) is 0 Å². The Morgan fingerprint density at radius 3 is 2.44 bits per heavy atom. The minimum atomic E-state index is -0.636. The third-order valence-electron chi connectivity index (χ3n) is 5.78. The number of anilines is 1. The van der Waals surface area contributed by atoms with Crippen molar-refractivity contribution in [1.82, 2.24) is 19.5 Å². The molecule has 10 nitrogen and oxygen atoms in total. The van der Waals surface area contributed by atoms with Gasteiger partial charge in [0.2, 0.25) is 0 Å². The lowest BCUT2D eigenvalue weighted by Crippen LogP contribution is -2.37. The van der Waals surface area contributed by atoms with Crippen molar-refractivity contribution < 1.29 is 19.1 Å². The Balaban J connectivity index is 1.63. The number of nitrogen functional groups attached to an aromatic ring is 1. The summed E-state index contributed by atoms with van der Waals surface area (Å²) in [6.07, 6.45) is 2.57. The Kier molecular flexibility index (Phi) is 6.78. The van der Waals surface area contributed by atoms with Crippen LogP contribution in [0.1, 0.15) is 73.2 Å². The lowest BCUT2D eigenvalue weighted by Gasteiger charge is -2.28. The molecule has 1 fully saturated rings. The number of hydrogen-bond donors (Lipinski definition) is 2. The monoisotopic (exact) mass is 490 g/mol. The largest absolute Gasteiger partial charge is 0.444 e. The van der Waals surface area contributed by atoms with E-state index in [0.29, 0.717) is 41.4 Å². The second-order valence-corrected chi connectivity index (χ2v) is 9.67. The van der Waals surface area contributed by atoms with Crippen molar-refractivity contribution in [3.63, 3.8) is 0 Å². The summed E-state index contributed by atoms with van der Waals surface area (Å²) in [5.41, 5.74) is 1.04.